The minimum Gasteiger partial charge on any atom is -0.455 e. The molecule has 0 spiro atoms. The fourth-order valence-electron chi connectivity index (χ4n) is 7.63. The van der Waals surface area contributed by atoms with Crippen molar-refractivity contribution in [3.05, 3.63) is 188 Å². The van der Waals surface area contributed by atoms with Crippen LogP contribution in [0.25, 0.3) is 76.5 Å². The van der Waals surface area contributed by atoms with E-state index < -0.39 is 0 Å². The molecular weight excluding hydrogens is 607 g/mol. The van der Waals surface area contributed by atoms with Gasteiger partial charge in [0.2, 0.25) is 0 Å². The summed E-state index contributed by atoms with van der Waals surface area (Å²) in [5.74, 6) is 0. The van der Waals surface area contributed by atoms with Crippen LogP contribution < -0.4 is 4.90 Å². The third-order valence-corrected chi connectivity index (χ3v) is 10.0. The maximum absolute atomic E-state index is 6.80. The highest BCUT2D eigenvalue weighted by molar-refractivity contribution is 6.21. The van der Waals surface area contributed by atoms with Gasteiger partial charge in [0.05, 0.1) is 5.69 Å². The molecule has 0 bridgehead atoms. The summed E-state index contributed by atoms with van der Waals surface area (Å²) in [5, 5.41) is 9.53. The first-order valence-electron chi connectivity index (χ1n) is 17.1. The fourth-order valence-corrected chi connectivity index (χ4v) is 7.63. The molecule has 9 aromatic carbocycles. The van der Waals surface area contributed by atoms with Crippen molar-refractivity contribution in [1.29, 1.82) is 0 Å². The first-order chi connectivity index (χ1) is 24.8. The van der Waals surface area contributed by atoms with E-state index in [1.54, 1.807) is 0 Å². The smallest absolute Gasteiger partial charge is 0.143 e. The van der Waals surface area contributed by atoms with Gasteiger partial charge in [0.25, 0.3) is 0 Å². The number of fused-ring (bicyclic) bond motifs is 8. The number of benzene rings is 9. The van der Waals surface area contributed by atoms with E-state index in [0.29, 0.717) is 0 Å². The third kappa shape index (κ3) is 4.57. The van der Waals surface area contributed by atoms with Crippen molar-refractivity contribution in [1.82, 2.24) is 0 Å². The molecule has 0 aliphatic heterocycles. The molecule has 2 heteroatoms. The average Bonchev–Trinajstić information content (AvgIpc) is 3.58. The molecule has 0 radical (unpaired) electrons. The number of rotatable bonds is 5. The van der Waals surface area contributed by atoms with Crippen LogP contribution >= 0.6 is 0 Å². The van der Waals surface area contributed by atoms with Gasteiger partial charge in [0.15, 0.2) is 0 Å². The summed E-state index contributed by atoms with van der Waals surface area (Å²) in [6, 6.07) is 67.4. The minimum atomic E-state index is 0.912. The van der Waals surface area contributed by atoms with Crippen molar-refractivity contribution in [3.8, 4) is 22.3 Å². The molecule has 234 valence electrons. The molecule has 0 unspecified atom stereocenters. The normalized spacial score (nSPS) is 11.6. The summed E-state index contributed by atoms with van der Waals surface area (Å²) < 4.78 is 6.80. The van der Waals surface area contributed by atoms with Crippen molar-refractivity contribution < 1.29 is 4.42 Å². The summed E-state index contributed by atoms with van der Waals surface area (Å²) in [6.07, 6.45) is 0. The van der Waals surface area contributed by atoms with Gasteiger partial charge in [-0.15, -0.1) is 0 Å². The molecule has 2 nitrogen and oxygen atoms in total. The number of nitrogens with zero attached hydrogens (tertiary/aromatic N) is 1. The highest BCUT2D eigenvalue weighted by Crippen LogP contribution is 2.46. The van der Waals surface area contributed by atoms with Crippen molar-refractivity contribution in [3.63, 3.8) is 0 Å². The minimum absolute atomic E-state index is 0.912. The highest BCUT2D eigenvalue weighted by atomic mass is 16.3. The topological polar surface area (TPSA) is 16.4 Å². The molecule has 0 amide bonds. The summed E-state index contributed by atoms with van der Waals surface area (Å²) in [5.41, 5.74) is 9.76. The molecule has 0 fully saturated rings. The number of para-hydroxylation sites is 2. The predicted molar refractivity (Wildman–Crippen MR) is 212 cm³/mol. The first kappa shape index (κ1) is 28.4. The van der Waals surface area contributed by atoms with Gasteiger partial charge in [-0.2, -0.15) is 0 Å². The van der Waals surface area contributed by atoms with Crippen LogP contribution in [0.5, 0.6) is 0 Å². The van der Waals surface area contributed by atoms with Gasteiger partial charge in [-0.3, -0.25) is 0 Å². The van der Waals surface area contributed by atoms with Gasteiger partial charge in [-0.25, -0.2) is 0 Å². The van der Waals surface area contributed by atoms with E-state index >= 15 is 0 Å². The Kier molecular flexibility index (Phi) is 6.53. The lowest BCUT2D eigenvalue weighted by atomic mass is 9.97. The molecule has 0 saturated heterocycles. The maximum atomic E-state index is 6.80. The van der Waals surface area contributed by atoms with Crippen LogP contribution in [0.3, 0.4) is 0 Å². The molecule has 10 rings (SSSR count). The Hall–Kier alpha value is -6.64. The van der Waals surface area contributed by atoms with E-state index in [1.165, 1.54) is 32.7 Å². The molecule has 1 heterocycles. The SMILES string of the molecule is c1ccc(-c2cccc3c2oc2c4ccccc4c(N(c4ccccc4)c4ccc(-c5ccc6c(ccc7ccccc76)c5)cc4)cc32)cc1. The summed E-state index contributed by atoms with van der Waals surface area (Å²) in [6.45, 7) is 0. The van der Waals surface area contributed by atoms with Crippen LogP contribution in [0.15, 0.2) is 192 Å². The molecule has 0 atom stereocenters. The van der Waals surface area contributed by atoms with E-state index in [2.05, 4.69) is 193 Å². The molecule has 0 saturated carbocycles. The first-order valence-corrected chi connectivity index (χ1v) is 17.1. The van der Waals surface area contributed by atoms with Crippen molar-refractivity contribution >= 4 is 71.3 Å². The Morgan fingerprint density at radius 3 is 1.74 bits per heavy atom. The molecule has 10 aromatic rings. The zero-order valence-electron chi connectivity index (χ0n) is 27.3. The van der Waals surface area contributed by atoms with E-state index in [0.717, 1.165) is 60.9 Å². The lowest BCUT2D eigenvalue weighted by Crippen LogP contribution is -2.10. The Labute approximate surface area is 290 Å². The zero-order chi connectivity index (χ0) is 33.0. The van der Waals surface area contributed by atoms with Crippen LogP contribution in [0.2, 0.25) is 0 Å². The van der Waals surface area contributed by atoms with E-state index in [1.807, 2.05) is 0 Å². The average molecular weight is 638 g/mol. The molecule has 0 aliphatic carbocycles. The maximum Gasteiger partial charge on any atom is 0.143 e. The van der Waals surface area contributed by atoms with Crippen LogP contribution in [-0.4, -0.2) is 0 Å². The van der Waals surface area contributed by atoms with E-state index in [9.17, 15) is 0 Å². The quantitative estimate of drug-likeness (QED) is 0.175. The summed E-state index contributed by atoms with van der Waals surface area (Å²) >= 11 is 0. The van der Waals surface area contributed by atoms with Crippen molar-refractivity contribution in [2.45, 2.75) is 0 Å². The monoisotopic (exact) mass is 637 g/mol. The number of anilines is 3. The molecular formula is C48H31NO. The van der Waals surface area contributed by atoms with Gasteiger partial charge in [-0.1, -0.05) is 152 Å². The molecule has 0 aliphatic rings. The van der Waals surface area contributed by atoms with Crippen LogP contribution in [-0.2, 0) is 0 Å². The number of furan rings is 1. The molecule has 1 aromatic heterocycles. The molecule has 50 heavy (non-hydrogen) atoms. The van der Waals surface area contributed by atoms with Gasteiger partial charge < -0.3 is 9.32 Å². The van der Waals surface area contributed by atoms with Gasteiger partial charge in [0, 0.05) is 38.5 Å². The third-order valence-electron chi connectivity index (χ3n) is 10.0. The summed E-state index contributed by atoms with van der Waals surface area (Å²) in [4.78, 5) is 2.37. The largest absolute Gasteiger partial charge is 0.455 e. The van der Waals surface area contributed by atoms with Crippen molar-refractivity contribution in [2.24, 2.45) is 0 Å². The lowest BCUT2D eigenvalue weighted by molar-refractivity contribution is 0.674. The van der Waals surface area contributed by atoms with E-state index in [4.69, 9.17) is 4.42 Å². The predicted octanol–water partition coefficient (Wildman–Crippen LogP) is 13.8. The second-order valence-corrected chi connectivity index (χ2v) is 12.9. The second-order valence-electron chi connectivity index (χ2n) is 12.9. The molecule has 0 N–H and O–H groups in total. The van der Waals surface area contributed by atoms with Crippen molar-refractivity contribution in [2.75, 3.05) is 4.90 Å². The van der Waals surface area contributed by atoms with Gasteiger partial charge in [-0.05, 0) is 74.6 Å². The fraction of sp³-hybridized carbons (Fsp3) is 0. The van der Waals surface area contributed by atoms with E-state index in [-0.39, 0.29) is 0 Å². The Balaban J connectivity index is 1.14. The van der Waals surface area contributed by atoms with Gasteiger partial charge >= 0.3 is 0 Å². The number of hydrogen-bond donors (Lipinski definition) is 0. The number of hydrogen-bond acceptors (Lipinski definition) is 2. The Bertz CT molecular complexity index is 2850. The zero-order valence-corrected chi connectivity index (χ0v) is 27.3. The van der Waals surface area contributed by atoms with Gasteiger partial charge in [0.1, 0.15) is 11.2 Å². The van der Waals surface area contributed by atoms with Crippen LogP contribution in [0, 0.1) is 0 Å². The standard InChI is InChI=1S/C48H31NO/c1-3-12-33(13-4-1)41-20-11-21-44-45-31-46(42-18-9-10-19-43(42)48(45)50-47(41)44)49(37-15-5-2-6-16-37)38-27-24-32(25-28-38)35-26-29-40-36(30-35)23-22-34-14-7-8-17-39(34)40/h1-31H. The highest BCUT2D eigenvalue weighted by Gasteiger charge is 2.21. The second kappa shape index (κ2) is 11.5. The van der Waals surface area contributed by atoms with Crippen LogP contribution in [0.4, 0.5) is 17.1 Å². The van der Waals surface area contributed by atoms with Crippen LogP contribution in [0.1, 0.15) is 0 Å². The summed E-state index contributed by atoms with van der Waals surface area (Å²) in [7, 11) is 0. The Morgan fingerprint density at radius 1 is 0.320 bits per heavy atom. The Morgan fingerprint density at radius 2 is 0.920 bits per heavy atom. The lowest BCUT2D eigenvalue weighted by Gasteiger charge is -2.27.